The van der Waals surface area contributed by atoms with Crippen molar-refractivity contribution in [2.24, 2.45) is 0 Å². The van der Waals surface area contributed by atoms with Crippen LogP contribution in [0.4, 0.5) is 0 Å². The molecule has 0 saturated heterocycles. The van der Waals surface area contributed by atoms with Crippen molar-refractivity contribution in [3.63, 3.8) is 0 Å². The molecule has 0 heterocycles. The number of rotatable bonds is 6. The van der Waals surface area contributed by atoms with Gasteiger partial charge in [0.1, 0.15) is 0 Å². The number of ether oxygens (including phenoxy) is 1. The van der Waals surface area contributed by atoms with Crippen LogP contribution in [0.25, 0.3) is 0 Å². The topological polar surface area (TPSA) is 66.8 Å². The third-order valence-electron chi connectivity index (χ3n) is 2.49. The van der Waals surface area contributed by atoms with Gasteiger partial charge >= 0.3 is 5.97 Å². The van der Waals surface area contributed by atoms with Crippen LogP contribution in [-0.2, 0) is 9.53 Å². The van der Waals surface area contributed by atoms with Gasteiger partial charge in [0.05, 0.1) is 25.2 Å². The van der Waals surface area contributed by atoms with E-state index in [1.165, 1.54) is 13.5 Å². The summed E-state index contributed by atoms with van der Waals surface area (Å²) in [5.41, 5.74) is 0.716. The van der Waals surface area contributed by atoms with E-state index in [2.05, 4.69) is 11.7 Å². The number of methoxy groups -OCH3 is 1. The summed E-state index contributed by atoms with van der Waals surface area (Å²) in [6, 6.07) is 9.00. The highest BCUT2D eigenvalue weighted by Gasteiger charge is 2.21. The summed E-state index contributed by atoms with van der Waals surface area (Å²) in [7, 11) is 1.24. The molecule has 0 fully saturated rings. The van der Waals surface area contributed by atoms with Gasteiger partial charge in [0.25, 0.3) is 0 Å². The summed E-state index contributed by atoms with van der Waals surface area (Å²) < 4.78 is 4.46. The number of carbonyl (C=O) groups excluding carboxylic acids is 1. The van der Waals surface area contributed by atoms with Crippen molar-refractivity contribution in [1.29, 1.82) is 0 Å². The van der Waals surface area contributed by atoms with E-state index in [0.29, 0.717) is 5.56 Å². The Kier molecular flexibility index (Phi) is 5.82. The molecule has 1 rings (SSSR count). The monoisotopic (exact) mass is 249 g/mol. The highest BCUT2D eigenvalue weighted by atomic mass is 16.5. The number of benzene rings is 1. The van der Waals surface area contributed by atoms with E-state index >= 15 is 0 Å². The van der Waals surface area contributed by atoms with Crippen molar-refractivity contribution in [2.45, 2.75) is 18.6 Å². The fraction of sp³-hybridized carbons (Fsp3) is 0.286. The lowest BCUT2D eigenvalue weighted by molar-refractivity contribution is -0.137. The van der Waals surface area contributed by atoms with Gasteiger partial charge in [-0.1, -0.05) is 30.3 Å². The zero-order valence-electron chi connectivity index (χ0n) is 10.2. The second-order valence-electron chi connectivity index (χ2n) is 3.91. The number of aliphatic hydroxyl groups is 2. The van der Waals surface area contributed by atoms with Gasteiger partial charge in [0.15, 0.2) is 0 Å². The normalized spacial score (nSPS) is 14.3. The van der Waals surface area contributed by atoms with Gasteiger partial charge in [0.2, 0.25) is 0 Å². The Bertz CT molecular complexity index is 363. The summed E-state index contributed by atoms with van der Waals surface area (Å²) in [5, 5.41) is 19.6. The first kappa shape index (κ1) is 14.7. The van der Waals surface area contributed by atoms with Crippen LogP contribution in [0.2, 0.25) is 0 Å². The second-order valence-corrected chi connectivity index (χ2v) is 3.91. The largest absolute Gasteiger partial charge is 0.469 e. The average Bonchev–Trinajstić information content (AvgIpc) is 2.38. The SMILES string of the molecule is [CH2][C]([CH][C@H](O)C[C@@H](O)c1ccccc1)C(=O)OC. The van der Waals surface area contributed by atoms with Crippen molar-refractivity contribution in [3.05, 3.63) is 55.2 Å². The van der Waals surface area contributed by atoms with Gasteiger partial charge in [-0.05, 0) is 12.5 Å². The molecular weight excluding hydrogens is 232 g/mol. The molecule has 18 heavy (non-hydrogen) atoms. The fourth-order valence-electron chi connectivity index (χ4n) is 1.54. The molecule has 97 valence electrons. The maximum atomic E-state index is 11.1. The third kappa shape index (κ3) is 4.47. The summed E-state index contributed by atoms with van der Waals surface area (Å²) in [6.07, 6.45) is -0.368. The van der Waals surface area contributed by atoms with Crippen LogP contribution >= 0.6 is 0 Å². The molecule has 0 aromatic heterocycles. The van der Waals surface area contributed by atoms with E-state index in [0.717, 1.165) is 0 Å². The number of carbonyl (C=O) groups is 1. The molecule has 0 saturated carbocycles. The Hall–Kier alpha value is -1.39. The molecular formula is C14H17O4. The van der Waals surface area contributed by atoms with Crippen molar-refractivity contribution in [1.82, 2.24) is 0 Å². The number of hydrogen-bond acceptors (Lipinski definition) is 4. The molecule has 0 aliphatic rings. The van der Waals surface area contributed by atoms with E-state index in [1.807, 2.05) is 18.2 Å². The van der Waals surface area contributed by atoms with Gasteiger partial charge in [0, 0.05) is 12.8 Å². The van der Waals surface area contributed by atoms with Gasteiger partial charge in [-0.15, -0.1) is 0 Å². The Balaban J connectivity index is 2.45. The van der Waals surface area contributed by atoms with Crippen molar-refractivity contribution in [2.75, 3.05) is 7.11 Å². The van der Waals surface area contributed by atoms with Gasteiger partial charge < -0.3 is 14.9 Å². The number of aliphatic hydroxyl groups excluding tert-OH is 2. The molecule has 4 heteroatoms. The first-order valence-electron chi connectivity index (χ1n) is 5.57. The van der Waals surface area contributed by atoms with Gasteiger partial charge in [-0.25, -0.2) is 0 Å². The van der Waals surface area contributed by atoms with Crippen LogP contribution in [-0.4, -0.2) is 29.4 Å². The highest BCUT2D eigenvalue weighted by molar-refractivity contribution is 5.87. The number of hydrogen-bond donors (Lipinski definition) is 2. The average molecular weight is 249 g/mol. The minimum atomic E-state index is -0.952. The third-order valence-corrected chi connectivity index (χ3v) is 2.49. The lowest BCUT2D eigenvalue weighted by atomic mass is 9.97. The Labute approximate surface area is 107 Å². The zero-order valence-corrected chi connectivity index (χ0v) is 10.2. The minimum Gasteiger partial charge on any atom is -0.469 e. The standard InChI is InChI=1S/C14H17O4/c1-10(14(17)18-2)8-12(15)9-13(16)11-6-4-3-5-7-11/h3-8,12-13,15-16H,1,9H2,2H3/t12-,13+/m0/s1. The highest BCUT2D eigenvalue weighted by Crippen LogP contribution is 2.21. The Morgan fingerprint density at radius 2 is 2.00 bits per heavy atom. The summed E-state index contributed by atoms with van der Waals surface area (Å²) in [5.74, 6) is -0.520. The van der Waals surface area contributed by atoms with Gasteiger partial charge in [-0.2, -0.15) is 0 Å². The first-order valence-corrected chi connectivity index (χ1v) is 5.57. The smallest absolute Gasteiger partial charge is 0.313 e. The maximum absolute atomic E-state index is 11.1. The molecule has 0 amide bonds. The first-order chi connectivity index (χ1) is 8.54. The molecule has 4 nitrogen and oxygen atoms in total. The van der Waals surface area contributed by atoms with Crippen LogP contribution in [0.15, 0.2) is 30.3 Å². The van der Waals surface area contributed by atoms with E-state index in [9.17, 15) is 15.0 Å². The van der Waals surface area contributed by atoms with E-state index in [-0.39, 0.29) is 12.3 Å². The fourth-order valence-corrected chi connectivity index (χ4v) is 1.54. The molecule has 0 spiro atoms. The van der Waals surface area contributed by atoms with Crippen LogP contribution in [0.1, 0.15) is 18.1 Å². The summed E-state index contributed by atoms with van der Waals surface area (Å²) in [6.45, 7) is 3.47. The van der Waals surface area contributed by atoms with Crippen LogP contribution in [0.5, 0.6) is 0 Å². The van der Waals surface area contributed by atoms with Gasteiger partial charge in [-0.3, -0.25) is 4.79 Å². The van der Waals surface area contributed by atoms with E-state index in [4.69, 9.17) is 0 Å². The van der Waals surface area contributed by atoms with Crippen LogP contribution < -0.4 is 0 Å². The molecule has 1 aromatic carbocycles. The lowest BCUT2D eigenvalue weighted by Crippen LogP contribution is -2.21. The second kappa shape index (κ2) is 7.13. The zero-order chi connectivity index (χ0) is 13.5. The van der Waals surface area contributed by atoms with Crippen LogP contribution in [0.3, 0.4) is 0 Å². The van der Waals surface area contributed by atoms with E-state index < -0.39 is 18.2 Å². The van der Waals surface area contributed by atoms with Crippen molar-refractivity contribution in [3.8, 4) is 0 Å². The predicted molar refractivity (Wildman–Crippen MR) is 66.9 cm³/mol. The van der Waals surface area contributed by atoms with Crippen molar-refractivity contribution >= 4 is 5.97 Å². The molecule has 0 aliphatic heterocycles. The van der Waals surface area contributed by atoms with E-state index in [1.54, 1.807) is 12.1 Å². The minimum absolute atomic E-state index is 0.0743. The molecule has 0 aliphatic carbocycles. The molecule has 2 N–H and O–H groups in total. The molecule has 2 atom stereocenters. The number of esters is 1. The Morgan fingerprint density at radius 3 is 2.56 bits per heavy atom. The summed E-state index contributed by atoms with van der Waals surface area (Å²) in [4.78, 5) is 11.1. The molecule has 0 unspecified atom stereocenters. The molecule has 3 radical (unpaired) electrons. The quantitative estimate of drug-likeness (QED) is 0.745. The molecule has 1 aromatic rings. The van der Waals surface area contributed by atoms with Crippen LogP contribution in [0, 0.1) is 19.3 Å². The van der Waals surface area contributed by atoms with Crippen molar-refractivity contribution < 1.29 is 19.7 Å². The Morgan fingerprint density at radius 1 is 1.39 bits per heavy atom. The predicted octanol–water partition coefficient (Wildman–Crippen LogP) is 1.26. The molecule has 0 bridgehead atoms. The lowest BCUT2D eigenvalue weighted by Gasteiger charge is -2.17. The maximum Gasteiger partial charge on any atom is 0.313 e. The summed E-state index contributed by atoms with van der Waals surface area (Å²) >= 11 is 0.